The van der Waals surface area contributed by atoms with Crippen LogP contribution in [-0.4, -0.2) is 55.7 Å². The Morgan fingerprint density at radius 1 is 1.23 bits per heavy atom. The number of rotatable bonds is 6. The zero-order chi connectivity index (χ0) is 18.5. The molecule has 1 aliphatic rings. The van der Waals surface area contributed by atoms with Gasteiger partial charge in [0.1, 0.15) is 0 Å². The highest BCUT2D eigenvalue weighted by atomic mass is 16.3. The molecule has 1 heterocycles. The van der Waals surface area contributed by atoms with E-state index in [-0.39, 0.29) is 18.1 Å². The fourth-order valence-corrected chi connectivity index (χ4v) is 3.52. The van der Waals surface area contributed by atoms with E-state index in [0.717, 1.165) is 31.7 Å². The average molecular weight is 353 g/mol. The third kappa shape index (κ3) is 4.23. The van der Waals surface area contributed by atoms with Crippen LogP contribution >= 0.6 is 0 Å². The summed E-state index contributed by atoms with van der Waals surface area (Å²) in [5.41, 5.74) is 2.96. The largest absolute Gasteiger partial charge is 0.392 e. The predicted molar refractivity (Wildman–Crippen MR) is 104 cm³/mol. The van der Waals surface area contributed by atoms with Gasteiger partial charge in [-0.1, -0.05) is 30.3 Å². The van der Waals surface area contributed by atoms with Crippen molar-refractivity contribution in [2.24, 2.45) is 0 Å². The molecule has 0 aliphatic carbocycles. The summed E-state index contributed by atoms with van der Waals surface area (Å²) in [6, 6.07) is 18.3. The van der Waals surface area contributed by atoms with E-state index >= 15 is 0 Å². The van der Waals surface area contributed by atoms with Crippen molar-refractivity contribution in [3.05, 3.63) is 65.7 Å². The second-order valence-electron chi connectivity index (χ2n) is 6.87. The maximum absolute atomic E-state index is 11.8. The molecule has 1 aliphatic heterocycles. The molecule has 2 atom stereocenters. The van der Waals surface area contributed by atoms with Crippen molar-refractivity contribution in [1.29, 1.82) is 0 Å². The van der Waals surface area contributed by atoms with Gasteiger partial charge in [0.05, 0.1) is 12.1 Å². The summed E-state index contributed by atoms with van der Waals surface area (Å²) in [7, 11) is 3.72. The molecule has 2 N–H and O–H groups in total. The lowest BCUT2D eigenvalue weighted by Gasteiger charge is -2.33. The Bertz CT molecular complexity index is 718. The number of likely N-dealkylation sites (tertiary alicyclic amines) is 1. The van der Waals surface area contributed by atoms with E-state index in [4.69, 9.17) is 0 Å². The number of carbonyl (C=O) groups excluding carboxylic acids is 1. The monoisotopic (exact) mass is 353 g/mol. The predicted octanol–water partition coefficient (Wildman–Crippen LogP) is 2.29. The maximum Gasteiger partial charge on any atom is 0.251 e. The summed E-state index contributed by atoms with van der Waals surface area (Å²) >= 11 is 0. The van der Waals surface area contributed by atoms with Crippen molar-refractivity contribution >= 4 is 11.6 Å². The number of aliphatic hydroxyl groups is 1. The zero-order valence-corrected chi connectivity index (χ0v) is 15.4. The van der Waals surface area contributed by atoms with Crippen molar-refractivity contribution in [3.8, 4) is 0 Å². The van der Waals surface area contributed by atoms with E-state index in [1.54, 1.807) is 7.05 Å². The molecule has 3 rings (SSSR count). The van der Waals surface area contributed by atoms with Crippen LogP contribution in [0.3, 0.4) is 0 Å². The molecule has 1 saturated heterocycles. The lowest BCUT2D eigenvalue weighted by Crippen LogP contribution is -2.36. The Morgan fingerprint density at radius 2 is 1.92 bits per heavy atom. The summed E-state index contributed by atoms with van der Waals surface area (Å²) in [5, 5.41) is 12.5. The standard InChI is InChI=1S/C21H27N3O2/c1-22-21(26)17-8-10-18(11-9-17)23(2)20(16-6-4-3-5-7-16)15-24-13-12-19(25)14-24/h3-11,19-20,25H,12-15H2,1-2H3,(H,22,26). The van der Waals surface area contributed by atoms with Crippen molar-refractivity contribution in [2.45, 2.75) is 18.6 Å². The molecule has 0 aromatic heterocycles. The molecule has 0 spiro atoms. The fraction of sp³-hybridized carbons (Fsp3) is 0.381. The lowest BCUT2D eigenvalue weighted by atomic mass is 10.0. The van der Waals surface area contributed by atoms with Crippen LogP contribution in [0.4, 0.5) is 5.69 Å². The van der Waals surface area contributed by atoms with Gasteiger partial charge in [0.15, 0.2) is 0 Å². The maximum atomic E-state index is 11.8. The number of hydrogen-bond donors (Lipinski definition) is 2. The van der Waals surface area contributed by atoms with Crippen molar-refractivity contribution < 1.29 is 9.90 Å². The first-order valence-corrected chi connectivity index (χ1v) is 9.09. The normalized spacial score (nSPS) is 18.5. The second kappa shape index (κ2) is 8.34. The lowest BCUT2D eigenvalue weighted by molar-refractivity contribution is 0.0963. The first kappa shape index (κ1) is 18.4. The van der Waals surface area contributed by atoms with Crippen LogP contribution < -0.4 is 10.2 Å². The third-order valence-corrected chi connectivity index (χ3v) is 5.09. The van der Waals surface area contributed by atoms with Crippen LogP contribution in [0.15, 0.2) is 54.6 Å². The number of benzene rings is 2. The number of anilines is 1. The number of amides is 1. The van der Waals surface area contributed by atoms with E-state index in [0.29, 0.717) is 5.56 Å². The average Bonchev–Trinajstić information content (AvgIpc) is 3.10. The van der Waals surface area contributed by atoms with Gasteiger partial charge in [-0.3, -0.25) is 9.69 Å². The molecule has 0 bridgehead atoms. The highest BCUT2D eigenvalue weighted by Crippen LogP contribution is 2.28. The van der Waals surface area contributed by atoms with Crippen LogP contribution in [0, 0.1) is 0 Å². The quantitative estimate of drug-likeness (QED) is 0.837. The van der Waals surface area contributed by atoms with Crippen LogP contribution in [0.2, 0.25) is 0 Å². The fourth-order valence-electron chi connectivity index (χ4n) is 3.52. The van der Waals surface area contributed by atoms with Crippen LogP contribution in [0.1, 0.15) is 28.4 Å². The summed E-state index contributed by atoms with van der Waals surface area (Å²) < 4.78 is 0. The van der Waals surface area contributed by atoms with Gasteiger partial charge in [0, 0.05) is 45.0 Å². The summed E-state index contributed by atoms with van der Waals surface area (Å²) in [6.45, 7) is 2.51. The summed E-state index contributed by atoms with van der Waals surface area (Å²) in [5.74, 6) is -0.0788. The van der Waals surface area contributed by atoms with Crippen LogP contribution in [0.5, 0.6) is 0 Å². The zero-order valence-electron chi connectivity index (χ0n) is 15.4. The number of nitrogens with one attached hydrogen (secondary N) is 1. The summed E-state index contributed by atoms with van der Waals surface area (Å²) in [6.07, 6.45) is 0.620. The van der Waals surface area contributed by atoms with E-state index in [2.05, 4.69) is 46.4 Å². The Balaban J connectivity index is 1.82. The van der Waals surface area contributed by atoms with Crippen LogP contribution in [0.25, 0.3) is 0 Å². The molecule has 26 heavy (non-hydrogen) atoms. The van der Waals surface area contributed by atoms with Gasteiger partial charge in [-0.2, -0.15) is 0 Å². The molecule has 2 aromatic carbocycles. The molecule has 2 unspecified atom stereocenters. The first-order chi connectivity index (χ1) is 12.6. The van der Waals surface area contributed by atoms with Crippen molar-refractivity contribution in [2.75, 3.05) is 38.6 Å². The van der Waals surface area contributed by atoms with Crippen molar-refractivity contribution in [1.82, 2.24) is 10.2 Å². The molecule has 1 fully saturated rings. The van der Waals surface area contributed by atoms with Gasteiger partial charge < -0.3 is 15.3 Å². The Hall–Kier alpha value is -2.37. The Kier molecular flexibility index (Phi) is 5.91. The number of nitrogens with zero attached hydrogens (tertiary/aromatic N) is 2. The van der Waals surface area contributed by atoms with E-state index < -0.39 is 0 Å². The van der Waals surface area contributed by atoms with Gasteiger partial charge in [0.25, 0.3) is 5.91 Å². The minimum Gasteiger partial charge on any atom is -0.392 e. The van der Waals surface area contributed by atoms with Crippen molar-refractivity contribution in [3.63, 3.8) is 0 Å². The Morgan fingerprint density at radius 3 is 2.50 bits per heavy atom. The number of aliphatic hydroxyl groups excluding tert-OH is 1. The number of hydrogen-bond acceptors (Lipinski definition) is 4. The van der Waals surface area contributed by atoms with E-state index in [9.17, 15) is 9.90 Å². The molecule has 0 radical (unpaired) electrons. The van der Waals surface area contributed by atoms with E-state index in [1.165, 1.54) is 5.56 Å². The van der Waals surface area contributed by atoms with Gasteiger partial charge >= 0.3 is 0 Å². The van der Waals surface area contributed by atoms with E-state index in [1.807, 2.05) is 30.3 Å². The highest BCUT2D eigenvalue weighted by molar-refractivity contribution is 5.94. The van der Waals surface area contributed by atoms with Gasteiger partial charge in [-0.15, -0.1) is 0 Å². The van der Waals surface area contributed by atoms with Crippen LogP contribution in [-0.2, 0) is 0 Å². The molecule has 5 nitrogen and oxygen atoms in total. The molecule has 0 saturated carbocycles. The molecular weight excluding hydrogens is 326 g/mol. The molecule has 1 amide bonds. The molecule has 2 aromatic rings. The molecule has 5 heteroatoms. The smallest absolute Gasteiger partial charge is 0.251 e. The second-order valence-corrected chi connectivity index (χ2v) is 6.87. The SMILES string of the molecule is CNC(=O)c1ccc(N(C)C(CN2CCC(O)C2)c2ccccc2)cc1. The van der Waals surface area contributed by atoms with Gasteiger partial charge in [0.2, 0.25) is 0 Å². The summed E-state index contributed by atoms with van der Waals surface area (Å²) in [4.78, 5) is 16.3. The number of β-amino-alcohol motifs (C(OH)–C–C–N with tert-alkyl or cyclic N) is 1. The third-order valence-electron chi connectivity index (χ3n) is 5.09. The number of carbonyl (C=O) groups is 1. The molecule has 138 valence electrons. The Labute approximate surface area is 155 Å². The first-order valence-electron chi connectivity index (χ1n) is 9.09. The van der Waals surface area contributed by atoms with Gasteiger partial charge in [-0.25, -0.2) is 0 Å². The van der Waals surface area contributed by atoms with Gasteiger partial charge in [-0.05, 0) is 36.2 Å². The highest BCUT2D eigenvalue weighted by Gasteiger charge is 2.26. The number of likely N-dealkylation sites (N-methyl/N-ethyl adjacent to an activating group) is 1. The minimum absolute atomic E-state index is 0.0788. The minimum atomic E-state index is -0.219. The molecular formula is C21H27N3O2. The topological polar surface area (TPSA) is 55.8 Å².